The number of esters is 2. The van der Waals surface area contributed by atoms with Crippen LogP contribution >= 0.6 is 0 Å². The Morgan fingerprint density at radius 2 is 0.990 bits per heavy atom. The SMILES string of the molecule is C#C[C@]1(O)CCC2C3CCc4cc(O)ccc4C3CC[C@@]21C.C#C[C@]1(O)CCC2C3CCc4cc(OC(=O)[C@H]5CCCN5)ccc4C3CC[C@@]21C.C#C[C@]1(O)CCC2C3CCc4cc(OC(=O)[C@H]5CCCN5C(=O)OC(C)(C)C)ccc4C3CC[C@@]21C.CN1CCC[C@@H]1C(=O)O.[2H]C#C. The zero-order valence-corrected chi connectivity index (χ0v) is 59.0. The highest BCUT2D eigenvalue weighted by atomic mass is 16.6. The van der Waals surface area contributed by atoms with Gasteiger partial charge in [0.25, 0.3) is 0 Å². The molecule has 15 heteroatoms. The summed E-state index contributed by atoms with van der Waals surface area (Å²) in [4.78, 5) is 51.7. The second kappa shape index (κ2) is 28.3. The number of hydrogen-bond acceptors (Lipinski definition) is 13. The molecule has 6 saturated carbocycles. The molecule has 6 N–H and O–H groups in total. The maximum Gasteiger partial charge on any atom is 0.411 e. The molecule has 12 aliphatic rings. The van der Waals surface area contributed by atoms with E-state index in [2.05, 4.69) is 74.5 Å². The third-order valence-electron chi connectivity index (χ3n) is 27.0. The molecule has 9 fully saturated rings. The number of nitrogens with zero attached hydrogens (tertiary/aromatic N) is 2. The van der Waals surface area contributed by atoms with Gasteiger partial charge in [0.2, 0.25) is 0 Å². The lowest BCUT2D eigenvalue weighted by molar-refractivity contribution is -0.142. The van der Waals surface area contributed by atoms with Crippen LogP contribution in [-0.4, -0.2) is 127 Å². The Kier molecular flexibility index (Phi) is 20.5. The van der Waals surface area contributed by atoms with Crippen LogP contribution in [0.1, 0.15) is 229 Å². The van der Waals surface area contributed by atoms with Crippen LogP contribution in [0.25, 0.3) is 0 Å². The Bertz CT molecular complexity index is 3700. The highest BCUT2D eigenvalue weighted by Crippen LogP contribution is 2.67. The number of carboxylic acid groups (broad SMARTS) is 1. The smallest absolute Gasteiger partial charge is 0.411 e. The molecule has 98 heavy (non-hydrogen) atoms. The number of phenols is 1. The molecule has 3 aliphatic heterocycles. The van der Waals surface area contributed by atoms with Crippen LogP contribution in [0.4, 0.5) is 4.79 Å². The second-order valence-corrected chi connectivity index (χ2v) is 32.6. The molecule has 9 unspecified atom stereocenters. The van der Waals surface area contributed by atoms with Gasteiger partial charge in [-0.05, 0) is 318 Å². The first-order chi connectivity index (χ1) is 47.0. The highest BCUT2D eigenvalue weighted by molar-refractivity contribution is 5.84. The lowest BCUT2D eigenvalue weighted by Crippen LogP contribution is -2.50. The van der Waals surface area contributed by atoms with E-state index in [-0.39, 0.29) is 34.3 Å². The predicted octanol–water partition coefficient (Wildman–Crippen LogP) is 12.8. The highest BCUT2D eigenvalue weighted by Gasteiger charge is 2.64. The Morgan fingerprint density at radius 1 is 0.571 bits per heavy atom. The molecule has 0 spiro atoms. The van der Waals surface area contributed by atoms with Crippen molar-refractivity contribution in [3.05, 3.63) is 88.0 Å². The van der Waals surface area contributed by atoms with Gasteiger partial charge in [-0.3, -0.25) is 14.6 Å². The summed E-state index contributed by atoms with van der Waals surface area (Å²) in [5.41, 5.74) is 4.09. The fourth-order valence-electron chi connectivity index (χ4n) is 21.6. The summed E-state index contributed by atoms with van der Waals surface area (Å²) in [6.45, 7) is 14.4. The first-order valence-electron chi connectivity index (χ1n) is 37.2. The zero-order chi connectivity index (χ0) is 71.2. The minimum Gasteiger partial charge on any atom is -0.508 e. The third kappa shape index (κ3) is 13.2. The van der Waals surface area contributed by atoms with Gasteiger partial charge in [-0.1, -0.05) is 56.7 Å². The van der Waals surface area contributed by atoms with Crippen molar-refractivity contribution in [1.82, 2.24) is 15.1 Å². The van der Waals surface area contributed by atoms with E-state index in [9.17, 15) is 39.6 Å². The van der Waals surface area contributed by atoms with Gasteiger partial charge in [0.05, 0.1) is 0 Å². The average molecular weight is 1340 g/mol. The Labute approximate surface area is 584 Å². The Balaban J connectivity index is 0.000000141. The zero-order valence-electron chi connectivity index (χ0n) is 60.0. The van der Waals surface area contributed by atoms with Crippen LogP contribution in [0.15, 0.2) is 54.6 Å². The first-order valence-corrected chi connectivity index (χ1v) is 36.7. The molecule has 18 atom stereocenters. The van der Waals surface area contributed by atoms with Crippen LogP contribution in [0.2, 0.25) is 0 Å². The second-order valence-electron chi connectivity index (χ2n) is 32.6. The van der Waals surface area contributed by atoms with Gasteiger partial charge in [0, 0.05) is 22.8 Å². The Hall–Kier alpha value is -6.82. The standard InChI is InChI=1S/C30H39NO5.C25H31NO3.C20H24O2.C6H11NO2.C2H2/c1-6-30(34)16-14-24-23-11-9-19-18-20(10-12-21(19)22(23)13-15-29(24,30)5)35-26(32)25-8-7-17-31(25)27(33)36-28(2,3)4;1-3-25(28)13-11-21-20-8-6-16-15-17(29-23(27)22-5-4-14-26-22)7-9-18(16)19(20)10-12-24(21,25)2;1-3-20(22)11-9-18-17-6-4-13-12-14(21)5-7-15(13)16(17)8-10-19(18,20)2;1-7-4-2-3-5(7)6(8)9;1-2/h1,10,12,18,22-25,34H,7-9,11,13-17H2,2-5H3;1,7,9,15,19-22,26,28H,4-6,8,10-14H2,2H3;1,5,7,12,16-18,21-22H,4,6,8-11H2,2H3;5H,2-4H2,1H3,(H,8,9);1-2H/t22?,23?,24?,25-,29+,30+;19?,20?,21?,22-,24+,25+;16?,17?,18?,19-,20-;5-;/m1101./s1/i;;;;1D. The molecular formula is C83H107N3O12. The average Bonchev–Trinajstić information content (AvgIpc) is 1.63. The lowest BCUT2D eigenvalue weighted by Gasteiger charge is -2.52. The number of likely N-dealkylation sites (tertiary alicyclic amines) is 2. The van der Waals surface area contributed by atoms with Crippen LogP contribution in [0, 0.1) is 102 Å². The van der Waals surface area contributed by atoms with E-state index in [1.807, 2.05) is 63.1 Å². The lowest BCUT2D eigenvalue weighted by atomic mass is 9.53. The summed E-state index contributed by atoms with van der Waals surface area (Å²) < 4.78 is 22.7. The van der Waals surface area contributed by atoms with Crippen molar-refractivity contribution in [2.45, 2.75) is 254 Å². The quantitative estimate of drug-likeness (QED) is 0.0796. The van der Waals surface area contributed by atoms with E-state index in [4.69, 9.17) is 40.0 Å². The van der Waals surface area contributed by atoms with Crippen molar-refractivity contribution in [3.63, 3.8) is 0 Å². The number of carboxylic acids is 1. The number of aliphatic hydroxyl groups is 3. The summed E-state index contributed by atoms with van der Waals surface area (Å²) in [5, 5.41) is 54.6. The van der Waals surface area contributed by atoms with Crippen molar-refractivity contribution in [1.29, 1.82) is 0 Å². The molecule has 0 radical (unpaired) electrons. The van der Waals surface area contributed by atoms with E-state index < -0.39 is 46.5 Å². The predicted molar refractivity (Wildman–Crippen MR) is 378 cm³/mol. The number of amides is 1. The third-order valence-corrected chi connectivity index (χ3v) is 27.0. The fourth-order valence-corrected chi connectivity index (χ4v) is 21.6. The largest absolute Gasteiger partial charge is 0.508 e. The minimum atomic E-state index is -0.992. The van der Waals surface area contributed by atoms with E-state index in [1.165, 1.54) is 44.7 Å². The first kappa shape index (κ1) is 71.0. The Morgan fingerprint density at radius 3 is 1.38 bits per heavy atom. The van der Waals surface area contributed by atoms with Crippen LogP contribution in [0.5, 0.6) is 17.2 Å². The van der Waals surface area contributed by atoms with E-state index in [1.54, 1.807) is 0 Å². The van der Waals surface area contributed by atoms with Crippen molar-refractivity contribution in [3.8, 4) is 67.1 Å². The monoisotopic (exact) mass is 1340 g/mol. The van der Waals surface area contributed by atoms with Crippen LogP contribution in [0.3, 0.4) is 0 Å². The normalized spacial score (nSPS) is 37.3. The van der Waals surface area contributed by atoms with Crippen molar-refractivity contribution >= 4 is 24.0 Å². The van der Waals surface area contributed by atoms with Gasteiger partial charge in [0.1, 0.15) is 59.1 Å². The number of hydrogen-bond donors (Lipinski definition) is 6. The summed E-state index contributed by atoms with van der Waals surface area (Å²) in [7, 11) is 1.85. The fraction of sp³-hybridized carbons (Fsp3) is 0.639. The number of aromatic hydroxyl groups is 1. The van der Waals surface area contributed by atoms with Gasteiger partial charge in [-0.25, -0.2) is 14.4 Å². The number of rotatable bonds is 5. The topological polar surface area (TPSA) is 216 Å². The van der Waals surface area contributed by atoms with Crippen LogP contribution in [-0.2, 0) is 38.4 Å². The molecule has 526 valence electrons. The molecule has 15 nitrogen and oxygen atoms in total. The van der Waals surface area contributed by atoms with Gasteiger partial charge < -0.3 is 45.1 Å². The number of carbonyl (C=O) groups is 4. The number of phenolic OH excluding ortho intramolecular Hbond substituents is 1. The summed E-state index contributed by atoms with van der Waals surface area (Å²) in [6, 6.07) is 17.1. The molecule has 3 aromatic rings. The molecule has 15 rings (SSSR count). The molecule has 9 aliphatic carbocycles. The van der Waals surface area contributed by atoms with Crippen LogP contribution < -0.4 is 14.8 Å². The maximum atomic E-state index is 13.0. The number of fused-ring (bicyclic) bond motifs is 15. The van der Waals surface area contributed by atoms with Gasteiger partial charge in [-0.2, -0.15) is 0 Å². The number of likely N-dealkylation sites (N-methyl/N-ethyl adjacent to an activating group) is 1. The molecule has 0 aromatic heterocycles. The molecule has 3 aromatic carbocycles. The maximum absolute atomic E-state index is 13.0. The van der Waals surface area contributed by atoms with Gasteiger partial charge >= 0.3 is 24.0 Å². The van der Waals surface area contributed by atoms with Gasteiger partial charge in [0.15, 0.2) is 0 Å². The summed E-state index contributed by atoms with van der Waals surface area (Å²) >= 11 is 0. The molecule has 3 heterocycles. The van der Waals surface area contributed by atoms with E-state index in [0.717, 1.165) is 154 Å². The number of carbonyl (C=O) groups excluding carboxylic acids is 3. The number of aliphatic carboxylic acids is 1. The summed E-state index contributed by atoms with van der Waals surface area (Å²) in [5.74, 6) is 13.3. The molecular weight excluding hydrogens is 1230 g/mol. The molecule has 1 amide bonds. The van der Waals surface area contributed by atoms with Crippen molar-refractivity contribution in [2.75, 3.05) is 26.7 Å². The van der Waals surface area contributed by atoms with Crippen molar-refractivity contribution < 1.29 is 60.3 Å². The number of terminal acetylenes is 4. The number of aryl methyl sites for hydroxylation is 3. The molecule has 0 bridgehead atoms. The number of nitrogens with one attached hydrogen (secondary N) is 1. The van der Waals surface area contributed by atoms with Gasteiger partial charge in [-0.15, -0.1) is 32.1 Å². The molecule has 3 saturated heterocycles. The summed E-state index contributed by atoms with van der Waals surface area (Å²) in [6.07, 6.45) is 45.2. The van der Waals surface area contributed by atoms with E-state index in [0.29, 0.717) is 89.9 Å². The van der Waals surface area contributed by atoms with E-state index >= 15 is 0 Å². The number of ether oxygens (including phenoxy) is 3. The van der Waals surface area contributed by atoms with Crippen molar-refractivity contribution in [2.24, 2.45) is 51.8 Å². The minimum absolute atomic E-state index is 0.128. The number of benzene rings is 3.